The second-order valence-electron chi connectivity index (χ2n) is 8.38. The quantitative estimate of drug-likeness (QED) is 0.707. The van der Waals surface area contributed by atoms with Gasteiger partial charge in [0.05, 0.1) is 23.7 Å². The maximum absolute atomic E-state index is 12.8. The zero-order valence-corrected chi connectivity index (χ0v) is 18.6. The van der Waals surface area contributed by atoms with Gasteiger partial charge in [0, 0.05) is 18.7 Å². The van der Waals surface area contributed by atoms with E-state index in [-0.39, 0.29) is 22.8 Å². The molecule has 1 aromatic carbocycles. The molecular weight excluding hydrogens is 386 g/mol. The van der Waals surface area contributed by atoms with Crippen molar-refractivity contribution in [3.63, 3.8) is 0 Å². The lowest BCUT2D eigenvalue weighted by molar-refractivity contribution is -0.131. The number of furan rings is 1. The highest BCUT2D eigenvalue weighted by Crippen LogP contribution is 2.29. The van der Waals surface area contributed by atoms with Crippen LogP contribution >= 0.6 is 0 Å². The fourth-order valence-corrected chi connectivity index (χ4v) is 5.29. The number of piperidine rings is 1. The van der Waals surface area contributed by atoms with Gasteiger partial charge in [0.25, 0.3) is 0 Å². The Hall–Kier alpha value is -2.08. The van der Waals surface area contributed by atoms with Crippen molar-refractivity contribution >= 4 is 15.7 Å². The third kappa shape index (κ3) is 4.92. The number of carbonyl (C=O) groups excluding carboxylic acids is 1. The first-order valence-electron chi connectivity index (χ1n) is 10.3. The normalized spacial score (nSPS) is 15.8. The molecule has 1 aliphatic heterocycles. The smallest absolute Gasteiger partial charge is 0.226 e. The van der Waals surface area contributed by atoms with Gasteiger partial charge in [-0.1, -0.05) is 12.1 Å². The van der Waals surface area contributed by atoms with E-state index in [4.69, 9.17) is 4.42 Å². The highest BCUT2D eigenvalue weighted by molar-refractivity contribution is 7.91. The Morgan fingerprint density at radius 1 is 1.14 bits per heavy atom. The Balaban J connectivity index is 1.61. The summed E-state index contributed by atoms with van der Waals surface area (Å²) in [6.07, 6.45) is 3.55. The van der Waals surface area contributed by atoms with Gasteiger partial charge in [-0.05, 0) is 75.3 Å². The summed E-state index contributed by atoms with van der Waals surface area (Å²) in [6.45, 7) is 8.85. The number of sulfone groups is 1. The van der Waals surface area contributed by atoms with Gasteiger partial charge in [0.15, 0.2) is 9.84 Å². The molecule has 1 saturated heterocycles. The van der Waals surface area contributed by atoms with Gasteiger partial charge in [0.2, 0.25) is 5.91 Å². The Morgan fingerprint density at radius 3 is 2.41 bits per heavy atom. The summed E-state index contributed by atoms with van der Waals surface area (Å²) in [5.41, 5.74) is 4.33. The van der Waals surface area contributed by atoms with Crippen molar-refractivity contribution in [2.75, 3.05) is 18.8 Å². The SMILES string of the molecule is Cc1c(CC(=O)N2CCC(CS(=O)(=O)C(C)C)CC2)ccc(-c2ccco2)c1C. The lowest BCUT2D eigenvalue weighted by Gasteiger charge is -2.32. The summed E-state index contributed by atoms with van der Waals surface area (Å²) < 4.78 is 29.8. The van der Waals surface area contributed by atoms with E-state index in [0.29, 0.717) is 19.5 Å². The number of amides is 1. The molecule has 2 aromatic rings. The van der Waals surface area contributed by atoms with Crippen LogP contribution in [0.5, 0.6) is 0 Å². The molecule has 0 saturated carbocycles. The molecule has 29 heavy (non-hydrogen) atoms. The maximum atomic E-state index is 12.8. The average Bonchev–Trinajstić information content (AvgIpc) is 3.20. The van der Waals surface area contributed by atoms with Gasteiger partial charge in [-0.25, -0.2) is 8.42 Å². The van der Waals surface area contributed by atoms with Crippen LogP contribution in [0, 0.1) is 19.8 Å². The second-order valence-corrected chi connectivity index (χ2v) is 11.0. The molecule has 5 nitrogen and oxygen atoms in total. The number of hydrogen-bond acceptors (Lipinski definition) is 4. The predicted molar refractivity (Wildman–Crippen MR) is 116 cm³/mol. The van der Waals surface area contributed by atoms with Crippen molar-refractivity contribution in [2.45, 2.75) is 52.2 Å². The molecule has 1 aliphatic rings. The third-order valence-corrected chi connectivity index (χ3v) is 8.55. The topological polar surface area (TPSA) is 67.6 Å². The average molecular weight is 418 g/mol. The van der Waals surface area contributed by atoms with Crippen molar-refractivity contribution in [1.82, 2.24) is 4.90 Å². The van der Waals surface area contributed by atoms with E-state index >= 15 is 0 Å². The zero-order chi connectivity index (χ0) is 21.2. The highest BCUT2D eigenvalue weighted by atomic mass is 32.2. The summed E-state index contributed by atoms with van der Waals surface area (Å²) >= 11 is 0. The van der Waals surface area contributed by atoms with Crippen LogP contribution in [0.15, 0.2) is 34.9 Å². The number of carbonyl (C=O) groups is 1. The van der Waals surface area contributed by atoms with E-state index in [9.17, 15) is 13.2 Å². The molecule has 0 bridgehead atoms. The van der Waals surface area contributed by atoms with Crippen LogP contribution in [0.3, 0.4) is 0 Å². The fourth-order valence-electron chi connectivity index (χ4n) is 3.91. The molecule has 0 N–H and O–H groups in total. The number of rotatable bonds is 6. The van der Waals surface area contributed by atoms with Gasteiger partial charge < -0.3 is 9.32 Å². The van der Waals surface area contributed by atoms with Crippen LogP contribution in [0.25, 0.3) is 11.3 Å². The van der Waals surface area contributed by atoms with E-state index in [1.54, 1.807) is 20.1 Å². The van der Waals surface area contributed by atoms with Crippen LogP contribution in [-0.2, 0) is 21.1 Å². The minimum atomic E-state index is -3.03. The summed E-state index contributed by atoms with van der Waals surface area (Å²) in [6, 6.07) is 7.85. The van der Waals surface area contributed by atoms with Crippen LogP contribution in [0.1, 0.15) is 43.4 Å². The van der Waals surface area contributed by atoms with Crippen molar-refractivity contribution < 1.29 is 17.6 Å². The number of benzene rings is 1. The van der Waals surface area contributed by atoms with Crippen LogP contribution in [-0.4, -0.2) is 43.3 Å². The first-order chi connectivity index (χ1) is 13.7. The lowest BCUT2D eigenvalue weighted by Crippen LogP contribution is -2.41. The van der Waals surface area contributed by atoms with Crippen molar-refractivity contribution in [3.8, 4) is 11.3 Å². The molecule has 1 aromatic heterocycles. The van der Waals surface area contributed by atoms with Crippen LogP contribution in [0.4, 0.5) is 0 Å². The molecule has 0 radical (unpaired) electrons. The molecule has 0 spiro atoms. The molecule has 0 atom stereocenters. The third-order valence-electron chi connectivity index (χ3n) is 6.18. The monoisotopic (exact) mass is 417 g/mol. The summed E-state index contributed by atoms with van der Waals surface area (Å²) in [4.78, 5) is 14.7. The minimum Gasteiger partial charge on any atom is -0.464 e. The predicted octanol–water partition coefficient (Wildman–Crippen LogP) is 4.17. The Morgan fingerprint density at radius 2 is 1.83 bits per heavy atom. The Labute approximate surface area is 174 Å². The van der Waals surface area contributed by atoms with E-state index in [2.05, 4.69) is 6.92 Å². The lowest BCUT2D eigenvalue weighted by atomic mass is 9.94. The molecule has 0 aliphatic carbocycles. The first kappa shape index (κ1) is 21.6. The maximum Gasteiger partial charge on any atom is 0.226 e. The van der Waals surface area contributed by atoms with E-state index in [0.717, 1.165) is 40.9 Å². The number of hydrogen-bond donors (Lipinski definition) is 0. The standard InChI is InChI=1S/C23H31NO4S/c1-16(2)29(26,27)15-19-9-11-24(12-10-19)23(25)14-20-7-8-21(18(4)17(20)3)22-6-5-13-28-22/h5-8,13,16,19H,9-12,14-15H2,1-4H3. The van der Waals surface area contributed by atoms with Gasteiger partial charge in [-0.2, -0.15) is 0 Å². The molecular formula is C23H31NO4S. The van der Waals surface area contributed by atoms with Crippen LogP contribution in [0.2, 0.25) is 0 Å². The number of nitrogens with zero attached hydrogens (tertiary/aromatic N) is 1. The molecule has 0 unspecified atom stereocenters. The minimum absolute atomic E-state index is 0.114. The Bertz CT molecular complexity index is 953. The second kappa shape index (κ2) is 8.74. The zero-order valence-electron chi connectivity index (χ0n) is 17.8. The van der Waals surface area contributed by atoms with Crippen LogP contribution < -0.4 is 0 Å². The summed E-state index contributed by atoms with van der Waals surface area (Å²) in [7, 11) is -3.03. The largest absolute Gasteiger partial charge is 0.464 e. The molecule has 6 heteroatoms. The fraction of sp³-hybridized carbons (Fsp3) is 0.522. The van der Waals surface area contributed by atoms with Gasteiger partial charge in [-0.3, -0.25) is 4.79 Å². The van der Waals surface area contributed by atoms with Crippen molar-refractivity contribution in [2.24, 2.45) is 5.92 Å². The highest BCUT2D eigenvalue weighted by Gasteiger charge is 2.28. The molecule has 1 amide bonds. The van der Waals surface area contributed by atoms with Gasteiger partial charge in [0.1, 0.15) is 5.76 Å². The van der Waals surface area contributed by atoms with E-state index in [1.807, 2.05) is 36.1 Å². The molecule has 1 fully saturated rings. The number of likely N-dealkylation sites (tertiary alicyclic amines) is 1. The Kier molecular flexibility index (Phi) is 6.52. The van der Waals surface area contributed by atoms with Crippen molar-refractivity contribution in [1.29, 1.82) is 0 Å². The van der Waals surface area contributed by atoms with E-state index in [1.165, 1.54) is 0 Å². The first-order valence-corrected chi connectivity index (χ1v) is 12.0. The summed E-state index contributed by atoms with van der Waals surface area (Å²) in [5.74, 6) is 1.34. The van der Waals surface area contributed by atoms with E-state index < -0.39 is 9.84 Å². The summed E-state index contributed by atoms with van der Waals surface area (Å²) in [5, 5.41) is -0.336. The van der Waals surface area contributed by atoms with Crippen molar-refractivity contribution in [3.05, 3.63) is 47.2 Å². The molecule has 2 heterocycles. The van der Waals surface area contributed by atoms with Gasteiger partial charge in [-0.15, -0.1) is 0 Å². The molecule has 158 valence electrons. The van der Waals surface area contributed by atoms with Gasteiger partial charge >= 0.3 is 0 Å². The molecule has 3 rings (SSSR count).